The van der Waals surface area contributed by atoms with Crippen LogP contribution in [0.1, 0.15) is 19.2 Å². The Morgan fingerprint density at radius 3 is 3.17 bits per heavy atom. The number of nitrogens with one attached hydrogen (secondary N) is 1. The number of ether oxygens (including phenoxy) is 1. The molecule has 1 N–H and O–H groups in total. The van der Waals surface area contributed by atoms with Crippen molar-refractivity contribution in [1.29, 1.82) is 0 Å². The first-order chi connectivity index (χ1) is 11.3. The van der Waals surface area contributed by atoms with Gasteiger partial charge in [0.15, 0.2) is 5.82 Å². The van der Waals surface area contributed by atoms with Gasteiger partial charge in [0.1, 0.15) is 5.82 Å². The maximum absolute atomic E-state index is 5.82. The van der Waals surface area contributed by atoms with Crippen molar-refractivity contribution in [3.8, 4) is 0 Å². The third-order valence-electron chi connectivity index (χ3n) is 3.71. The topological polar surface area (TPSA) is 93.9 Å². The molecule has 0 radical (unpaired) electrons. The number of rotatable bonds is 7. The predicted octanol–water partition coefficient (Wildman–Crippen LogP) is 0.186. The van der Waals surface area contributed by atoms with E-state index in [0.717, 1.165) is 44.2 Å². The van der Waals surface area contributed by atoms with Gasteiger partial charge in [0.2, 0.25) is 0 Å². The molecule has 1 aliphatic heterocycles. The summed E-state index contributed by atoms with van der Waals surface area (Å²) in [5.41, 5.74) is 0. The summed E-state index contributed by atoms with van der Waals surface area (Å²) in [6.45, 7) is 6.86. The van der Waals surface area contributed by atoms with Crippen molar-refractivity contribution in [2.24, 2.45) is 0 Å². The average molecular weight is 318 g/mol. The zero-order valence-electron chi connectivity index (χ0n) is 13.3. The van der Waals surface area contributed by atoms with Crippen molar-refractivity contribution >= 4 is 5.82 Å². The minimum absolute atomic E-state index is 0.112. The molecule has 0 saturated carbocycles. The maximum Gasteiger partial charge on any atom is 0.165 e. The standard InChI is InChI=1S/C14H22N8O/c1-2-6-22-14(18-19-20-22)11-21-7-8-23-12(10-21)9-15-13-4-3-5-16-17-13/h3-5,12H,2,6-11H2,1H3,(H,15,17)/t12-/m0/s1. The Kier molecular flexibility index (Phi) is 5.43. The summed E-state index contributed by atoms with van der Waals surface area (Å²) < 4.78 is 7.69. The smallest absolute Gasteiger partial charge is 0.165 e. The van der Waals surface area contributed by atoms with Crippen LogP contribution in [-0.4, -0.2) is 67.6 Å². The summed E-state index contributed by atoms with van der Waals surface area (Å²) in [7, 11) is 0. The lowest BCUT2D eigenvalue weighted by Gasteiger charge is -2.32. The highest BCUT2D eigenvalue weighted by Crippen LogP contribution is 2.10. The van der Waals surface area contributed by atoms with E-state index >= 15 is 0 Å². The zero-order chi connectivity index (χ0) is 15.9. The number of tetrazole rings is 1. The number of anilines is 1. The van der Waals surface area contributed by atoms with E-state index in [1.54, 1.807) is 6.20 Å². The number of morpholine rings is 1. The molecule has 0 bridgehead atoms. The molecule has 1 atom stereocenters. The van der Waals surface area contributed by atoms with Gasteiger partial charge in [-0.25, -0.2) is 4.68 Å². The second-order valence-electron chi connectivity index (χ2n) is 5.54. The molecule has 2 aromatic rings. The van der Waals surface area contributed by atoms with Crippen LogP contribution in [0.3, 0.4) is 0 Å². The fourth-order valence-electron chi connectivity index (χ4n) is 2.58. The summed E-state index contributed by atoms with van der Waals surface area (Å²) >= 11 is 0. The molecule has 2 aromatic heterocycles. The molecule has 0 aliphatic carbocycles. The van der Waals surface area contributed by atoms with E-state index in [1.807, 2.05) is 16.8 Å². The molecule has 0 aromatic carbocycles. The molecule has 9 nitrogen and oxygen atoms in total. The summed E-state index contributed by atoms with van der Waals surface area (Å²) in [4.78, 5) is 2.32. The third kappa shape index (κ3) is 4.42. The lowest BCUT2D eigenvalue weighted by molar-refractivity contribution is -0.0252. The molecule has 3 rings (SSSR count). The highest BCUT2D eigenvalue weighted by molar-refractivity contribution is 5.31. The SMILES string of the molecule is CCCn1nnnc1CN1CCO[C@@H](CNc2cccnn2)C1. The van der Waals surface area contributed by atoms with Crippen molar-refractivity contribution in [3.63, 3.8) is 0 Å². The zero-order valence-corrected chi connectivity index (χ0v) is 13.3. The van der Waals surface area contributed by atoms with E-state index < -0.39 is 0 Å². The lowest BCUT2D eigenvalue weighted by Crippen LogP contribution is -2.45. The van der Waals surface area contributed by atoms with Crippen LogP contribution < -0.4 is 5.32 Å². The van der Waals surface area contributed by atoms with Gasteiger partial charge in [-0.15, -0.1) is 10.2 Å². The lowest BCUT2D eigenvalue weighted by atomic mass is 10.2. The van der Waals surface area contributed by atoms with Crippen LogP contribution in [0.5, 0.6) is 0 Å². The molecule has 0 amide bonds. The van der Waals surface area contributed by atoms with Gasteiger partial charge < -0.3 is 10.1 Å². The quantitative estimate of drug-likeness (QED) is 0.773. The highest BCUT2D eigenvalue weighted by atomic mass is 16.5. The highest BCUT2D eigenvalue weighted by Gasteiger charge is 2.22. The molecular formula is C14H22N8O. The molecule has 0 spiro atoms. The molecular weight excluding hydrogens is 296 g/mol. The number of aromatic nitrogens is 6. The fraction of sp³-hybridized carbons (Fsp3) is 0.643. The summed E-state index contributed by atoms with van der Waals surface area (Å²) in [6.07, 6.45) is 2.79. The molecule has 0 unspecified atom stereocenters. The Balaban J connectivity index is 1.50. The normalized spacial score (nSPS) is 18.9. The summed E-state index contributed by atoms with van der Waals surface area (Å²) in [5, 5.41) is 23.1. The van der Waals surface area contributed by atoms with Gasteiger partial charge in [0.05, 0.1) is 19.3 Å². The minimum Gasteiger partial charge on any atom is -0.374 e. The number of nitrogens with zero attached hydrogens (tertiary/aromatic N) is 7. The number of hydrogen-bond donors (Lipinski definition) is 1. The molecule has 23 heavy (non-hydrogen) atoms. The second kappa shape index (κ2) is 7.93. The Hall–Kier alpha value is -2.13. The van der Waals surface area contributed by atoms with Crippen LogP contribution in [-0.2, 0) is 17.8 Å². The van der Waals surface area contributed by atoms with E-state index in [9.17, 15) is 0 Å². The first-order valence-corrected chi connectivity index (χ1v) is 7.95. The van der Waals surface area contributed by atoms with E-state index in [2.05, 4.69) is 42.9 Å². The minimum atomic E-state index is 0.112. The van der Waals surface area contributed by atoms with Gasteiger partial charge in [0, 0.05) is 32.4 Å². The first kappa shape index (κ1) is 15.8. The van der Waals surface area contributed by atoms with E-state index in [4.69, 9.17) is 4.74 Å². The van der Waals surface area contributed by atoms with Crippen LogP contribution in [0, 0.1) is 0 Å². The van der Waals surface area contributed by atoms with Gasteiger partial charge in [-0.3, -0.25) is 4.90 Å². The third-order valence-corrected chi connectivity index (χ3v) is 3.71. The van der Waals surface area contributed by atoms with Gasteiger partial charge in [-0.2, -0.15) is 5.10 Å². The van der Waals surface area contributed by atoms with Crippen molar-refractivity contribution < 1.29 is 4.74 Å². The van der Waals surface area contributed by atoms with Crippen molar-refractivity contribution in [2.75, 3.05) is 31.6 Å². The van der Waals surface area contributed by atoms with Crippen molar-refractivity contribution in [3.05, 3.63) is 24.2 Å². The van der Waals surface area contributed by atoms with Gasteiger partial charge in [0.25, 0.3) is 0 Å². The van der Waals surface area contributed by atoms with Gasteiger partial charge >= 0.3 is 0 Å². The Labute approximate surface area is 135 Å². The molecule has 1 aliphatic rings. The monoisotopic (exact) mass is 318 g/mol. The Bertz CT molecular complexity index is 589. The summed E-state index contributed by atoms with van der Waals surface area (Å²) in [6, 6.07) is 3.75. The van der Waals surface area contributed by atoms with Crippen LogP contribution in [0.2, 0.25) is 0 Å². The van der Waals surface area contributed by atoms with Crippen molar-refractivity contribution in [1.82, 2.24) is 35.3 Å². The molecule has 124 valence electrons. The molecule has 3 heterocycles. The Morgan fingerprint density at radius 1 is 1.39 bits per heavy atom. The first-order valence-electron chi connectivity index (χ1n) is 7.95. The summed E-state index contributed by atoms with van der Waals surface area (Å²) in [5.74, 6) is 1.68. The molecule has 1 saturated heterocycles. The fourth-order valence-corrected chi connectivity index (χ4v) is 2.58. The number of hydrogen-bond acceptors (Lipinski definition) is 8. The van der Waals surface area contributed by atoms with E-state index in [0.29, 0.717) is 13.2 Å². The Morgan fingerprint density at radius 2 is 2.35 bits per heavy atom. The van der Waals surface area contributed by atoms with Crippen LogP contribution in [0.25, 0.3) is 0 Å². The predicted molar refractivity (Wildman–Crippen MR) is 83.6 cm³/mol. The average Bonchev–Trinajstić information content (AvgIpc) is 3.02. The van der Waals surface area contributed by atoms with Crippen LogP contribution in [0.4, 0.5) is 5.82 Å². The van der Waals surface area contributed by atoms with Gasteiger partial charge in [-0.1, -0.05) is 6.92 Å². The van der Waals surface area contributed by atoms with E-state index in [-0.39, 0.29) is 6.10 Å². The maximum atomic E-state index is 5.82. The number of aryl methyl sites for hydroxylation is 1. The largest absolute Gasteiger partial charge is 0.374 e. The van der Waals surface area contributed by atoms with Crippen molar-refractivity contribution in [2.45, 2.75) is 32.5 Å². The second-order valence-corrected chi connectivity index (χ2v) is 5.54. The van der Waals surface area contributed by atoms with Crippen LogP contribution in [0.15, 0.2) is 18.3 Å². The van der Waals surface area contributed by atoms with E-state index in [1.165, 1.54) is 0 Å². The van der Waals surface area contributed by atoms with Gasteiger partial charge in [-0.05, 0) is 29.0 Å². The molecule has 9 heteroatoms. The molecule has 1 fully saturated rings. The van der Waals surface area contributed by atoms with Crippen LogP contribution >= 0.6 is 0 Å².